The maximum atomic E-state index is 11.8. The van der Waals surface area contributed by atoms with Gasteiger partial charge in [0.05, 0.1) is 19.2 Å². The highest BCUT2D eigenvalue weighted by atomic mass is 16.6. The van der Waals surface area contributed by atoms with Crippen molar-refractivity contribution in [2.75, 3.05) is 45.6 Å². The number of benzene rings is 1. The van der Waals surface area contributed by atoms with E-state index in [0.29, 0.717) is 36.4 Å². The van der Waals surface area contributed by atoms with Crippen molar-refractivity contribution in [3.8, 4) is 11.5 Å². The van der Waals surface area contributed by atoms with E-state index in [1.165, 1.54) is 6.33 Å². The van der Waals surface area contributed by atoms with Crippen molar-refractivity contribution in [1.82, 2.24) is 20.2 Å². The van der Waals surface area contributed by atoms with Crippen molar-refractivity contribution in [2.45, 2.75) is 45.6 Å². The molecule has 1 amide bonds. The normalized spacial score (nSPS) is 15.5. The summed E-state index contributed by atoms with van der Waals surface area (Å²) in [4.78, 5) is 22.5. The van der Waals surface area contributed by atoms with Gasteiger partial charge in [-0.25, -0.2) is 14.8 Å². The average molecular weight is 446 g/mol. The lowest BCUT2D eigenvalue weighted by atomic mass is 9.97. The summed E-state index contributed by atoms with van der Waals surface area (Å²) in [5.41, 5.74) is 6.19. The molecule has 1 aromatic carbocycles. The number of piperidine rings is 1. The second kappa shape index (κ2) is 10.7. The van der Waals surface area contributed by atoms with E-state index in [1.54, 1.807) is 7.11 Å². The summed E-state index contributed by atoms with van der Waals surface area (Å²) in [5.74, 6) is 2.19. The van der Waals surface area contributed by atoms with Crippen LogP contribution in [0, 0.1) is 5.92 Å². The van der Waals surface area contributed by atoms with Crippen LogP contribution in [0.15, 0.2) is 18.5 Å². The summed E-state index contributed by atoms with van der Waals surface area (Å²) in [6, 6.07) is 3.66. The van der Waals surface area contributed by atoms with Gasteiger partial charge in [0.2, 0.25) is 0 Å². The fourth-order valence-corrected chi connectivity index (χ4v) is 3.78. The zero-order valence-electron chi connectivity index (χ0n) is 19.5. The van der Waals surface area contributed by atoms with E-state index in [-0.39, 0.29) is 6.09 Å². The number of anilines is 1. The first kappa shape index (κ1) is 23.8. The lowest BCUT2D eigenvalue weighted by Crippen LogP contribution is -2.40. The number of methoxy groups -OCH3 is 1. The quantitative estimate of drug-likeness (QED) is 0.596. The van der Waals surface area contributed by atoms with Gasteiger partial charge in [0.25, 0.3) is 0 Å². The lowest BCUT2D eigenvalue weighted by molar-refractivity contribution is 0.0509. The molecule has 9 nitrogen and oxygen atoms in total. The highest BCUT2D eigenvalue weighted by Gasteiger charge is 2.21. The molecule has 32 heavy (non-hydrogen) atoms. The predicted molar refractivity (Wildman–Crippen MR) is 124 cm³/mol. The van der Waals surface area contributed by atoms with Gasteiger partial charge in [-0.15, -0.1) is 0 Å². The molecule has 0 atom stereocenters. The van der Waals surface area contributed by atoms with Gasteiger partial charge in [0, 0.05) is 24.5 Å². The minimum Gasteiger partial charge on any atom is -0.493 e. The molecule has 176 valence electrons. The Hall–Kier alpha value is -2.81. The van der Waals surface area contributed by atoms with E-state index >= 15 is 0 Å². The van der Waals surface area contributed by atoms with Crippen LogP contribution in [-0.2, 0) is 4.74 Å². The average Bonchev–Trinajstić information content (AvgIpc) is 2.74. The summed E-state index contributed by atoms with van der Waals surface area (Å²) in [6.07, 6.45) is 4.15. The van der Waals surface area contributed by atoms with Crippen molar-refractivity contribution in [1.29, 1.82) is 0 Å². The first-order valence-electron chi connectivity index (χ1n) is 11.2. The van der Waals surface area contributed by atoms with Crippen LogP contribution in [0.3, 0.4) is 0 Å². The molecule has 0 aliphatic carbocycles. The molecule has 3 N–H and O–H groups in total. The molecule has 2 aromatic rings. The Bertz CT molecular complexity index is 907. The number of carbonyl (C=O) groups excluding carboxylic acids is 1. The van der Waals surface area contributed by atoms with Gasteiger partial charge in [0.15, 0.2) is 11.5 Å². The lowest BCUT2D eigenvalue weighted by Gasteiger charge is -2.32. The number of likely N-dealkylation sites (tertiary alicyclic amines) is 1. The number of fused-ring (bicyclic) bond motifs is 1. The summed E-state index contributed by atoms with van der Waals surface area (Å²) in [5, 5.41) is 3.64. The Morgan fingerprint density at radius 2 is 1.97 bits per heavy atom. The number of hydrogen-bond acceptors (Lipinski definition) is 8. The van der Waals surface area contributed by atoms with Crippen LogP contribution in [-0.4, -0.2) is 66.5 Å². The minimum absolute atomic E-state index is 0.338. The highest BCUT2D eigenvalue weighted by Crippen LogP contribution is 2.33. The molecule has 1 saturated heterocycles. The zero-order chi connectivity index (χ0) is 23.1. The van der Waals surface area contributed by atoms with Gasteiger partial charge >= 0.3 is 6.09 Å². The third-order valence-corrected chi connectivity index (χ3v) is 5.47. The molecule has 3 rings (SSSR count). The number of hydrogen-bond donors (Lipinski definition) is 2. The van der Waals surface area contributed by atoms with Crippen LogP contribution in [0.5, 0.6) is 11.5 Å². The van der Waals surface area contributed by atoms with Crippen LogP contribution >= 0.6 is 0 Å². The number of alkyl carbamates (subject to hydrolysis) is 1. The van der Waals surface area contributed by atoms with Crippen molar-refractivity contribution in [3.63, 3.8) is 0 Å². The first-order valence-corrected chi connectivity index (χ1v) is 11.2. The van der Waals surface area contributed by atoms with E-state index in [2.05, 4.69) is 20.2 Å². The van der Waals surface area contributed by atoms with Gasteiger partial charge in [-0.1, -0.05) is 0 Å². The third-order valence-electron chi connectivity index (χ3n) is 5.47. The monoisotopic (exact) mass is 445 g/mol. The SMILES string of the molecule is COc1cc2c(N)ncnc2cc1OCCCN1CCC(CNC(=O)OC(C)(C)C)CC1. The van der Waals surface area contributed by atoms with Crippen LogP contribution in [0.2, 0.25) is 0 Å². The number of carbonyl (C=O) groups is 1. The number of ether oxygens (including phenoxy) is 3. The van der Waals surface area contributed by atoms with E-state index in [0.717, 1.165) is 49.8 Å². The molecule has 1 aliphatic rings. The standard InChI is InChI=1S/C23H35N5O4/c1-23(2,3)32-22(29)25-14-16-6-9-28(10-7-16)8-5-11-31-20-13-18-17(12-19(20)30-4)21(24)27-15-26-18/h12-13,15-16H,5-11,14H2,1-4H3,(H,25,29)(H2,24,26,27). The Balaban J connectivity index is 1.38. The molecule has 0 unspecified atom stereocenters. The summed E-state index contributed by atoms with van der Waals surface area (Å²) >= 11 is 0. The molecule has 0 bridgehead atoms. The second-order valence-electron chi connectivity index (χ2n) is 9.15. The van der Waals surface area contributed by atoms with E-state index in [1.807, 2.05) is 32.9 Å². The number of nitrogens with one attached hydrogen (secondary N) is 1. The number of aromatic nitrogens is 2. The van der Waals surface area contributed by atoms with Crippen molar-refractivity contribution in [2.24, 2.45) is 5.92 Å². The Morgan fingerprint density at radius 3 is 2.66 bits per heavy atom. The molecule has 1 aromatic heterocycles. The topological polar surface area (TPSA) is 112 Å². The van der Waals surface area contributed by atoms with Crippen LogP contribution in [0.1, 0.15) is 40.0 Å². The summed E-state index contributed by atoms with van der Waals surface area (Å²) < 4.78 is 16.7. The molecular weight excluding hydrogens is 410 g/mol. The predicted octanol–water partition coefficient (Wildman–Crippen LogP) is 3.23. The summed E-state index contributed by atoms with van der Waals surface area (Å²) in [7, 11) is 1.61. The van der Waals surface area contributed by atoms with Crippen LogP contribution in [0.25, 0.3) is 10.9 Å². The number of rotatable bonds is 8. The van der Waals surface area contributed by atoms with Gasteiger partial charge in [0.1, 0.15) is 17.7 Å². The molecule has 1 aliphatic heterocycles. The maximum absolute atomic E-state index is 11.8. The summed E-state index contributed by atoms with van der Waals surface area (Å²) in [6.45, 7) is 9.88. The first-order chi connectivity index (χ1) is 15.2. The minimum atomic E-state index is -0.465. The van der Waals surface area contributed by atoms with Gasteiger partial charge < -0.3 is 30.2 Å². The molecule has 0 radical (unpaired) electrons. The molecule has 0 spiro atoms. The van der Waals surface area contributed by atoms with Crippen LogP contribution in [0.4, 0.5) is 10.6 Å². The zero-order valence-corrected chi connectivity index (χ0v) is 19.5. The Morgan fingerprint density at radius 1 is 1.22 bits per heavy atom. The van der Waals surface area contributed by atoms with Crippen LogP contribution < -0.4 is 20.5 Å². The molecule has 9 heteroatoms. The maximum Gasteiger partial charge on any atom is 0.407 e. The second-order valence-corrected chi connectivity index (χ2v) is 9.15. The Kier molecular flexibility index (Phi) is 7.95. The fraction of sp³-hybridized carbons (Fsp3) is 0.609. The Labute approximate surface area is 189 Å². The number of nitrogens with two attached hydrogens (primary N) is 1. The molecule has 1 fully saturated rings. The number of nitrogen functional groups attached to an aromatic ring is 1. The molecule has 0 saturated carbocycles. The highest BCUT2D eigenvalue weighted by molar-refractivity contribution is 5.90. The third kappa shape index (κ3) is 6.85. The molecular formula is C23H35N5O4. The molecule has 2 heterocycles. The fourth-order valence-electron chi connectivity index (χ4n) is 3.78. The van der Waals surface area contributed by atoms with E-state index < -0.39 is 5.60 Å². The van der Waals surface area contributed by atoms with Gasteiger partial charge in [-0.2, -0.15) is 0 Å². The number of amides is 1. The van der Waals surface area contributed by atoms with Gasteiger partial charge in [-0.05, 0) is 65.1 Å². The van der Waals surface area contributed by atoms with Gasteiger partial charge in [-0.3, -0.25) is 0 Å². The largest absolute Gasteiger partial charge is 0.493 e. The van der Waals surface area contributed by atoms with E-state index in [4.69, 9.17) is 19.9 Å². The van der Waals surface area contributed by atoms with Crippen molar-refractivity contribution >= 4 is 22.8 Å². The van der Waals surface area contributed by atoms with Crippen molar-refractivity contribution < 1.29 is 19.0 Å². The van der Waals surface area contributed by atoms with Crippen molar-refractivity contribution in [3.05, 3.63) is 18.5 Å². The smallest absolute Gasteiger partial charge is 0.407 e. The number of nitrogens with zero attached hydrogens (tertiary/aromatic N) is 3. The van der Waals surface area contributed by atoms with E-state index in [9.17, 15) is 4.79 Å².